The summed E-state index contributed by atoms with van der Waals surface area (Å²) in [6.45, 7) is 4.33. The highest BCUT2D eigenvalue weighted by molar-refractivity contribution is 5.99. The highest BCUT2D eigenvalue weighted by Crippen LogP contribution is 2.11. The van der Waals surface area contributed by atoms with Crippen LogP contribution >= 0.6 is 0 Å². The molecule has 0 heterocycles. The zero-order chi connectivity index (χ0) is 17.5. The zero-order valence-electron chi connectivity index (χ0n) is 14.0. The quantitative estimate of drug-likeness (QED) is 0.462. The molecule has 2 aromatic rings. The van der Waals surface area contributed by atoms with Gasteiger partial charge in [-0.05, 0) is 54.8 Å². The summed E-state index contributed by atoms with van der Waals surface area (Å²) in [5.41, 5.74) is 16.8. The van der Waals surface area contributed by atoms with Gasteiger partial charge >= 0.3 is 0 Å². The molecule has 0 aliphatic heterocycles. The van der Waals surface area contributed by atoms with Gasteiger partial charge in [0.05, 0.1) is 5.69 Å². The predicted octanol–water partition coefficient (Wildman–Crippen LogP) is 3.76. The third-order valence-electron chi connectivity index (χ3n) is 3.89. The van der Waals surface area contributed by atoms with Gasteiger partial charge in [-0.15, -0.1) is 0 Å². The van der Waals surface area contributed by atoms with Crippen molar-refractivity contribution in [1.82, 2.24) is 5.43 Å². The second-order valence-corrected chi connectivity index (χ2v) is 5.68. The van der Waals surface area contributed by atoms with Crippen molar-refractivity contribution >= 4 is 11.4 Å². The monoisotopic (exact) mass is 326 g/mol. The third kappa shape index (κ3) is 4.93. The highest BCUT2D eigenvalue weighted by atomic mass is 19.1. The summed E-state index contributed by atoms with van der Waals surface area (Å²) < 4.78 is 12.9. The molecule has 126 valence electrons. The zero-order valence-corrected chi connectivity index (χ0v) is 14.0. The summed E-state index contributed by atoms with van der Waals surface area (Å²) in [6, 6.07) is 14.1. The lowest BCUT2D eigenvalue weighted by atomic mass is 10.0. The standard InChI is InChI=1S/C19H23FN4/c1-13(14(2)23-24-18-9-7-17(20)8-10-18)19(22)11-15-3-5-16(12-21)6-4-15/h3-10,22-24H,11-12,21H2,1-2H3. The molecule has 0 spiro atoms. The van der Waals surface area contributed by atoms with Crippen LogP contribution in [0.15, 0.2) is 59.8 Å². The summed E-state index contributed by atoms with van der Waals surface area (Å²) in [7, 11) is 0. The van der Waals surface area contributed by atoms with E-state index < -0.39 is 0 Å². The minimum Gasteiger partial charge on any atom is -0.326 e. The first-order valence-electron chi connectivity index (χ1n) is 7.80. The molecular weight excluding hydrogens is 303 g/mol. The van der Waals surface area contributed by atoms with Crippen LogP contribution in [0.25, 0.3) is 0 Å². The van der Waals surface area contributed by atoms with Gasteiger partial charge in [0.25, 0.3) is 0 Å². The number of rotatable bonds is 7. The molecule has 0 aromatic heterocycles. The van der Waals surface area contributed by atoms with Gasteiger partial charge in [0.1, 0.15) is 5.82 Å². The first kappa shape index (κ1) is 17.7. The number of nitrogens with one attached hydrogen (secondary N) is 3. The number of hydrogen-bond donors (Lipinski definition) is 4. The Morgan fingerprint density at radius 1 is 1.00 bits per heavy atom. The maximum atomic E-state index is 12.9. The van der Waals surface area contributed by atoms with Gasteiger partial charge in [-0.2, -0.15) is 0 Å². The van der Waals surface area contributed by atoms with Crippen molar-refractivity contribution in [3.05, 3.63) is 76.7 Å². The molecule has 5 heteroatoms. The van der Waals surface area contributed by atoms with E-state index in [1.54, 1.807) is 12.1 Å². The van der Waals surface area contributed by atoms with Gasteiger partial charge in [0.2, 0.25) is 0 Å². The van der Waals surface area contributed by atoms with E-state index in [0.29, 0.717) is 18.7 Å². The van der Waals surface area contributed by atoms with Crippen molar-refractivity contribution in [2.75, 3.05) is 5.43 Å². The lowest BCUT2D eigenvalue weighted by Crippen LogP contribution is -2.22. The lowest BCUT2D eigenvalue weighted by Gasteiger charge is -2.14. The Morgan fingerprint density at radius 3 is 2.17 bits per heavy atom. The van der Waals surface area contributed by atoms with Crippen molar-refractivity contribution < 1.29 is 4.39 Å². The van der Waals surface area contributed by atoms with Crippen LogP contribution in [0.5, 0.6) is 0 Å². The summed E-state index contributed by atoms with van der Waals surface area (Å²) in [5.74, 6) is -0.272. The molecule has 0 unspecified atom stereocenters. The molecule has 0 amide bonds. The maximum Gasteiger partial charge on any atom is 0.123 e. The Balaban J connectivity index is 1.96. The molecule has 0 atom stereocenters. The van der Waals surface area contributed by atoms with Gasteiger partial charge in [0, 0.05) is 24.4 Å². The number of allylic oxidation sites excluding steroid dienone is 2. The second kappa shape index (κ2) is 8.26. The van der Waals surface area contributed by atoms with E-state index in [-0.39, 0.29) is 5.82 Å². The Kier molecular flexibility index (Phi) is 6.09. The predicted molar refractivity (Wildman–Crippen MR) is 97.3 cm³/mol. The Morgan fingerprint density at radius 2 is 1.58 bits per heavy atom. The number of halogens is 1. The molecular formula is C19H23FN4. The molecule has 0 bridgehead atoms. The van der Waals surface area contributed by atoms with Crippen LogP contribution in [-0.2, 0) is 13.0 Å². The fourth-order valence-corrected chi connectivity index (χ4v) is 2.15. The first-order valence-corrected chi connectivity index (χ1v) is 7.80. The SMILES string of the molecule is CC(NNc1ccc(F)cc1)=C(C)C(=N)Cc1ccc(CN)cc1. The summed E-state index contributed by atoms with van der Waals surface area (Å²) >= 11 is 0. The van der Waals surface area contributed by atoms with Crippen molar-refractivity contribution in [2.24, 2.45) is 5.73 Å². The van der Waals surface area contributed by atoms with Crippen molar-refractivity contribution in [1.29, 1.82) is 5.41 Å². The van der Waals surface area contributed by atoms with Crippen LogP contribution in [0.2, 0.25) is 0 Å². The molecule has 4 nitrogen and oxygen atoms in total. The number of anilines is 1. The van der Waals surface area contributed by atoms with Crippen molar-refractivity contribution in [3.8, 4) is 0 Å². The fraction of sp³-hybridized carbons (Fsp3) is 0.211. The summed E-state index contributed by atoms with van der Waals surface area (Å²) in [6.07, 6.45) is 0.562. The van der Waals surface area contributed by atoms with Crippen LogP contribution in [0.3, 0.4) is 0 Å². The average molecular weight is 326 g/mol. The lowest BCUT2D eigenvalue weighted by molar-refractivity contribution is 0.628. The van der Waals surface area contributed by atoms with Gasteiger partial charge in [-0.25, -0.2) is 4.39 Å². The number of nitrogens with two attached hydrogens (primary N) is 1. The smallest absolute Gasteiger partial charge is 0.123 e. The van der Waals surface area contributed by atoms with E-state index in [0.717, 1.165) is 28.1 Å². The van der Waals surface area contributed by atoms with Gasteiger partial charge in [0.15, 0.2) is 0 Å². The van der Waals surface area contributed by atoms with E-state index in [2.05, 4.69) is 10.9 Å². The van der Waals surface area contributed by atoms with E-state index >= 15 is 0 Å². The van der Waals surface area contributed by atoms with Crippen LogP contribution in [0.1, 0.15) is 25.0 Å². The number of hydrogen-bond acceptors (Lipinski definition) is 4. The van der Waals surface area contributed by atoms with E-state index in [1.165, 1.54) is 12.1 Å². The normalized spacial score (nSPS) is 11.7. The van der Waals surface area contributed by atoms with E-state index in [1.807, 2.05) is 38.1 Å². The Bertz CT molecular complexity index is 718. The Hall–Kier alpha value is -2.66. The second-order valence-electron chi connectivity index (χ2n) is 5.68. The third-order valence-corrected chi connectivity index (χ3v) is 3.89. The molecule has 0 saturated heterocycles. The van der Waals surface area contributed by atoms with Crippen molar-refractivity contribution in [3.63, 3.8) is 0 Å². The molecule has 24 heavy (non-hydrogen) atoms. The van der Waals surface area contributed by atoms with Crippen LogP contribution in [-0.4, -0.2) is 5.71 Å². The number of benzene rings is 2. The average Bonchev–Trinajstić information content (AvgIpc) is 2.61. The molecule has 2 aromatic carbocycles. The van der Waals surface area contributed by atoms with E-state index in [4.69, 9.17) is 11.1 Å². The minimum atomic E-state index is -0.272. The first-order chi connectivity index (χ1) is 11.5. The Labute approximate surface area is 142 Å². The molecule has 0 aliphatic carbocycles. The largest absolute Gasteiger partial charge is 0.326 e. The molecule has 5 N–H and O–H groups in total. The number of hydrazine groups is 1. The van der Waals surface area contributed by atoms with Gasteiger partial charge < -0.3 is 22.0 Å². The molecule has 0 saturated carbocycles. The fourth-order valence-electron chi connectivity index (χ4n) is 2.15. The van der Waals surface area contributed by atoms with Gasteiger partial charge in [-0.1, -0.05) is 24.3 Å². The van der Waals surface area contributed by atoms with Crippen LogP contribution in [0, 0.1) is 11.2 Å². The summed E-state index contributed by atoms with van der Waals surface area (Å²) in [5, 5.41) is 8.27. The van der Waals surface area contributed by atoms with Crippen LogP contribution < -0.4 is 16.6 Å². The van der Waals surface area contributed by atoms with Gasteiger partial charge in [-0.3, -0.25) is 0 Å². The maximum absolute atomic E-state index is 12.9. The van der Waals surface area contributed by atoms with Crippen molar-refractivity contribution in [2.45, 2.75) is 26.8 Å². The minimum absolute atomic E-state index is 0.272. The molecule has 0 fully saturated rings. The molecule has 2 rings (SSSR count). The van der Waals surface area contributed by atoms with Crippen LogP contribution in [0.4, 0.5) is 10.1 Å². The molecule has 0 aliphatic rings. The van der Waals surface area contributed by atoms with E-state index in [9.17, 15) is 4.39 Å². The highest BCUT2D eigenvalue weighted by Gasteiger charge is 2.06. The molecule has 0 radical (unpaired) electrons. The summed E-state index contributed by atoms with van der Waals surface area (Å²) in [4.78, 5) is 0. The topological polar surface area (TPSA) is 73.9 Å².